The molecule has 2 N–H and O–H groups in total. The summed E-state index contributed by atoms with van der Waals surface area (Å²) in [6.07, 6.45) is -0.874. The van der Waals surface area contributed by atoms with Crippen LogP contribution in [0.4, 0.5) is 4.79 Å². The third-order valence-corrected chi connectivity index (χ3v) is 6.17. The molecule has 0 radical (unpaired) electrons. The summed E-state index contributed by atoms with van der Waals surface area (Å²) in [5.41, 5.74) is 5.35. The third kappa shape index (κ3) is 5.69. The minimum atomic E-state index is -0.993. The second-order valence-corrected chi connectivity index (χ2v) is 8.58. The maximum Gasteiger partial charge on any atom is 0.407 e. The van der Waals surface area contributed by atoms with E-state index in [1.54, 1.807) is 6.92 Å². The summed E-state index contributed by atoms with van der Waals surface area (Å²) in [6, 6.07) is 24.6. The summed E-state index contributed by atoms with van der Waals surface area (Å²) < 4.78 is 5.54. The summed E-state index contributed by atoms with van der Waals surface area (Å²) in [5.74, 6) is -1.44. The number of hydrogen-bond donors (Lipinski definition) is 2. The minimum absolute atomic E-state index is 0.0414. The van der Waals surface area contributed by atoms with Crippen molar-refractivity contribution in [1.29, 1.82) is 0 Å². The van der Waals surface area contributed by atoms with Crippen molar-refractivity contribution in [2.45, 2.75) is 31.8 Å². The number of hydrogen-bond acceptors (Lipinski definition) is 4. The van der Waals surface area contributed by atoms with Gasteiger partial charge in [-0.15, -0.1) is 0 Å². The molecule has 0 fully saturated rings. The van der Waals surface area contributed by atoms with Gasteiger partial charge in [-0.05, 0) is 34.7 Å². The molecule has 3 aromatic carbocycles. The van der Waals surface area contributed by atoms with E-state index >= 15 is 0 Å². The highest BCUT2D eigenvalue weighted by Gasteiger charge is 2.30. The molecule has 0 bridgehead atoms. The van der Waals surface area contributed by atoms with Gasteiger partial charge in [0.15, 0.2) is 0 Å². The number of aliphatic carboxylic acids is 1. The molecule has 1 unspecified atom stereocenters. The molecule has 0 saturated heterocycles. The molecule has 7 heteroatoms. The Morgan fingerprint density at radius 2 is 1.49 bits per heavy atom. The van der Waals surface area contributed by atoms with E-state index in [0.717, 1.165) is 27.8 Å². The molecule has 2 amide bonds. The Bertz CT molecular complexity index is 1170. The summed E-state index contributed by atoms with van der Waals surface area (Å²) in [7, 11) is 0. The first kappa shape index (κ1) is 24.0. The lowest BCUT2D eigenvalue weighted by Crippen LogP contribution is -2.47. The maximum atomic E-state index is 13.0. The predicted molar refractivity (Wildman–Crippen MR) is 132 cm³/mol. The first-order valence-corrected chi connectivity index (χ1v) is 11.6. The van der Waals surface area contributed by atoms with Gasteiger partial charge < -0.3 is 20.1 Å². The topological polar surface area (TPSA) is 95.9 Å². The van der Waals surface area contributed by atoms with Gasteiger partial charge in [-0.1, -0.05) is 78.9 Å². The van der Waals surface area contributed by atoms with E-state index in [4.69, 9.17) is 9.84 Å². The van der Waals surface area contributed by atoms with Gasteiger partial charge in [-0.25, -0.2) is 4.79 Å². The van der Waals surface area contributed by atoms with Crippen LogP contribution in [0.5, 0.6) is 0 Å². The molecule has 1 aliphatic rings. The molecule has 0 saturated carbocycles. The van der Waals surface area contributed by atoms with Crippen molar-refractivity contribution in [3.8, 4) is 11.1 Å². The molecule has 4 rings (SSSR count). The molecule has 0 aromatic heterocycles. The van der Waals surface area contributed by atoms with Crippen LogP contribution in [0.15, 0.2) is 78.9 Å². The summed E-state index contributed by atoms with van der Waals surface area (Å²) in [6.45, 7) is 2.01. The highest BCUT2D eigenvalue weighted by Crippen LogP contribution is 2.44. The normalized spacial score (nSPS) is 12.8. The van der Waals surface area contributed by atoms with Crippen molar-refractivity contribution in [2.75, 3.05) is 13.2 Å². The van der Waals surface area contributed by atoms with Crippen LogP contribution in [-0.2, 0) is 20.9 Å². The molecule has 180 valence electrons. The number of rotatable bonds is 9. The third-order valence-electron chi connectivity index (χ3n) is 6.17. The summed E-state index contributed by atoms with van der Waals surface area (Å²) >= 11 is 0. The molecule has 1 atom stereocenters. The molecular formula is C28H28N2O5. The van der Waals surface area contributed by atoms with Crippen molar-refractivity contribution in [2.24, 2.45) is 0 Å². The van der Waals surface area contributed by atoms with Crippen molar-refractivity contribution in [3.63, 3.8) is 0 Å². The average Bonchev–Trinajstić information content (AvgIpc) is 3.19. The molecule has 3 aromatic rings. The van der Waals surface area contributed by atoms with Gasteiger partial charge in [0.25, 0.3) is 0 Å². The fourth-order valence-corrected chi connectivity index (χ4v) is 4.45. The fraction of sp³-hybridized carbons (Fsp3) is 0.250. The van der Waals surface area contributed by atoms with Crippen LogP contribution in [-0.4, -0.2) is 47.2 Å². The van der Waals surface area contributed by atoms with Crippen molar-refractivity contribution >= 4 is 18.0 Å². The van der Waals surface area contributed by atoms with Crippen LogP contribution < -0.4 is 5.32 Å². The number of ether oxygens (including phenoxy) is 1. The molecule has 0 aliphatic heterocycles. The van der Waals surface area contributed by atoms with E-state index in [1.807, 2.05) is 66.7 Å². The monoisotopic (exact) mass is 472 g/mol. The second-order valence-electron chi connectivity index (χ2n) is 8.58. The molecular weight excluding hydrogens is 444 g/mol. The van der Waals surface area contributed by atoms with Gasteiger partial charge in [0, 0.05) is 19.0 Å². The number of amides is 2. The van der Waals surface area contributed by atoms with E-state index in [9.17, 15) is 14.4 Å². The predicted octanol–water partition coefficient (Wildman–Crippen LogP) is 4.42. The Morgan fingerprint density at radius 3 is 2.09 bits per heavy atom. The van der Waals surface area contributed by atoms with Crippen LogP contribution in [0.2, 0.25) is 0 Å². The van der Waals surface area contributed by atoms with Gasteiger partial charge in [0.05, 0.1) is 6.42 Å². The van der Waals surface area contributed by atoms with Gasteiger partial charge in [-0.2, -0.15) is 0 Å². The maximum absolute atomic E-state index is 13.0. The zero-order valence-electron chi connectivity index (χ0n) is 19.5. The van der Waals surface area contributed by atoms with Crippen LogP contribution in [0.25, 0.3) is 11.1 Å². The van der Waals surface area contributed by atoms with E-state index in [1.165, 1.54) is 4.90 Å². The first-order valence-electron chi connectivity index (χ1n) is 11.6. The van der Waals surface area contributed by atoms with E-state index in [2.05, 4.69) is 17.4 Å². The number of alkyl carbamates (subject to hydrolysis) is 1. The van der Waals surface area contributed by atoms with E-state index in [0.29, 0.717) is 0 Å². The number of carboxylic acid groups (broad SMARTS) is 1. The smallest absolute Gasteiger partial charge is 0.407 e. The number of carbonyl (C=O) groups is 3. The van der Waals surface area contributed by atoms with Crippen molar-refractivity contribution in [1.82, 2.24) is 10.2 Å². The Morgan fingerprint density at radius 1 is 0.914 bits per heavy atom. The number of benzene rings is 3. The Kier molecular flexibility index (Phi) is 7.45. The van der Waals surface area contributed by atoms with Gasteiger partial charge in [0.1, 0.15) is 12.6 Å². The highest BCUT2D eigenvalue weighted by atomic mass is 16.5. The van der Waals surface area contributed by atoms with Crippen LogP contribution in [0, 0.1) is 0 Å². The largest absolute Gasteiger partial charge is 0.481 e. The zero-order valence-corrected chi connectivity index (χ0v) is 19.5. The summed E-state index contributed by atoms with van der Waals surface area (Å²) in [4.78, 5) is 38.2. The molecule has 7 nitrogen and oxygen atoms in total. The molecule has 0 spiro atoms. The molecule has 0 heterocycles. The van der Waals surface area contributed by atoms with Crippen molar-refractivity contribution < 1.29 is 24.2 Å². The minimum Gasteiger partial charge on any atom is -0.481 e. The lowest BCUT2D eigenvalue weighted by Gasteiger charge is -2.26. The molecule has 35 heavy (non-hydrogen) atoms. The number of fused-ring (bicyclic) bond motifs is 3. The van der Waals surface area contributed by atoms with E-state index < -0.39 is 18.1 Å². The Labute approximate surface area is 204 Å². The molecule has 1 aliphatic carbocycles. The lowest BCUT2D eigenvalue weighted by molar-refractivity contribution is -0.139. The lowest BCUT2D eigenvalue weighted by atomic mass is 9.98. The zero-order chi connectivity index (χ0) is 24.8. The van der Waals surface area contributed by atoms with Gasteiger partial charge >= 0.3 is 12.1 Å². The number of nitrogens with one attached hydrogen (secondary N) is 1. The Balaban J connectivity index is 1.38. The van der Waals surface area contributed by atoms with Crippen LogP contribution >= 0.6 is 0 Å². The summed E-state index contributed by atoms with van der Waals surface area (Å²) in [5, 5.41) is 11.7. The number of nitrogens with zero attached hydrogens (tertiary/aromatic N) is 1. The second kappa shape index (κ2) is 10.9. The highest BCUT2D eigenvalue weighted by molar-refractivity contribution is 5.86. The van der Waals surface area contributed by atoms with Crippen LogP contribution in [0.3, 0.4) is 0 Å². The Hall–Kier alpha value is -4.13. The van der Waals surface area contributed by atoms with Gasteiger partial charge in [-0.3, -0.25) is 9.59 Å². The SMILES string of the molecule is CC(NC(=O)OCC1c2ccccc2-c2ccccc21)C(=O)N(CCC(=O)O)Cc1ccccc1. The standard InChI is InChI=1S/C28H28N2O5/c1-19(27(33)30(16-15-26(31)32)17-20-9-3-2-4-10-20)29-28(34)35-18-25-23-13-7-5-11-21(23)22-12-6-8-14-24(22)25/h2-14,19,25H,15-18H2,1H3,(H,29,34)(H,31,32). The van der Waals surface area contributed by atoms with Gasteiger partial charge in [0.2, 0.25) is 5.91 Å². The number of carboxylic acids is 1. The fourth-order valence-electron chi connectivity index (χ4n) is 4.45. The first-order chi connectivity index (χ1) is 16.9. The number of carbonyl (C=O) groups excluding carboxylic acids is 2. The quantitative estimate of drug-likeness (QED) is 0.481. The average molecular weight is 473 g/mol. The van der Waals surface area contributed by atoms with Crippen molar-refractivity contribution in [3.05, 3.63) is 95.6 Å². The van der Waals surface area contributed by atoms with Crippen LogP contribution in [0.1, 0.15) is 36.0 Å². The van der Waals surface area contributed by atoms with E-state index in [-0.39, 0.29) is 37.9 Å².